The minimum Gasteiger partial charge on any atom is -0.393 e. The molecule has 25 heavy (non-hydrogen) atoms. The van der Waals surface area contributed by atoms with Crippen molar-refractivity contribution < 1.29 is 14.7 Å². The highest BCUT2D eigenvalue weighted by atomic mass is 16.5. The van der Waals surface area contributed by atoms with E-state index in [4.69, 9.17) is 0 Å². The lowest BCUT2D eigenvalue weighted by Crippen LogP contribution is -2.29. The standard InChI is InChI=1S/C19H28N2O4/c1-12-6-7-13-4-2-3-5-17(13)16(12)9-8-14(22)10-15(23)11-18-20-19(24)25-21-18/h4,6-7,12,14-17,22-23H,2-3,5,8-11H2,1H3,(H,20,21,24). The number of aromatic nitrogens is 2. The quantitative estimate of drug-likeness (QED) is 0.702. The molecule has 3 rings (SSSR count). The summed E-state index contributed by atoms with van der Waals surface area (Å²) < 4.78 is 4.41. The minimum atomic E-state index is -0.746. The number of aliphatic hydroxyl groups excluding tert-OH is 2. The van der Waals surface area contributed by atoms with Gasteiger partial charge in [-0.3, -0.25) is 9.51 Å². The molecule has 2 aliphatic rings. The highest BCUT2D eigenvalue weighted by Crippen LogP contribution is 2.42. The summed E-state index contributed by atoms with van der Waals surface area (Å²) >= 11 is 0. The van der Waals surface area contributed by atoms with Crippen LogP contribution in [0.15, 0.2) is 33.1 Å². The number of H-pyrrole nitrogens is 1. The van der Waals surface area contributed by atoms with Crippen LogP contribution in [0.1, 0.15) is 51.3 Å². The van der Waals surface area contributed by atoms with Gasteiger partial charge in [0.1, 0.15) is 0 Å². The minimum absolute atomic E-state index is 0.181. The van der Waals surface area contributed by atoms with E-state index in [9.17, 15) is 15.0 Å². The average molecular weight is 348 g/mol. The fraction of sp³-hybridized carbons (Fsp3) is 0.684. The van der Waals surface area contributed by atoms with Crippen LogP contribution in [-0.2, 0) is 6.42 Å². The maximum atomic E-state index is 10.9. The van der Waals surface area contributed by atoms with Crippen LogP contribution in [0, 0.1) is 17.8 Å². The Morgan fingerprint density at radius 2 is 2.24 bits per heavy atom. The Hall–Kier alpha value is -1.66. The van der Waals surface area contributed by atoms with Crippen LogP contribution >= 0.6 is 0 Å². The monoisotopic (exact) mass is 348 g/mol. The molecule has 0 saturated carbocycles. The number of nitrogens with zero attached hydrogens (tertiary/aromatic N) is 1. The fourth-order valence-electron chi connectivity index (χ4n) is 4.29. The molecule has 0 amide bonds. The molecule has 5 unspecified atom stereocenters. The van der Waals surface area contributed by atoms with Crippen LogP contribution in [0.3, 0.4) is 0 Å². The zero-order valence-electron chi connectivity index (χ0n) is 14.7. The summed E-state index contributed by atoms with van der Waals surface area (Å²) in [6.07, 6.45) is 11.4. The van der Waals surface area contributed by atoms with E-state index >= 15 is 0 Å². The summed E-state index contributed by atoms with van der Waals surface area (Å²) in [5.74, 6) is 1.39. The fourth-order valence-corrected chi connectivity index (χ4v) is 4.29. The van der Waals surface area contributed by atoms with Gasteiger partial charge in [0.05, 0.1) is 12.2 Å². The molecule has 6 nitrogen and oxygen atoms in total. The smallest absolute Gasteiger partial charge is 0.393 e. The van der Waals surface area contributed by atoms with Gasteiger partial charge >= 0.3 is 5.76 Å². The van der Waals surface area contributed by atoms with Crippen LogP contribution in [0.4, 0.5) is 0 Å². The Bertz CT molecular complexity index is 675. The van der Waals surface area contributed by atoms with Crippen LogP contribution in [0.5, 0.6) is 0 Å². The van der Waals surface area contributed by atoms with Crippen molar-refractivity contribution in [3.8, 4) is 0 Å². The predicted octanol–water partition coefficient (Wildman–Crippen LogP) is 2.35. The topological polar surface area (TPSA) is 99.3 Å². The van der Waals surface area contributed by atoms with Gasteiger partial charge in [0.2, 0.25) is 0 Å². The zero-order valence-corrected chi connectivity index (χ0v) is 14.7. The SMILES string of the molecule is CC1C=CC2=CCCCC2C1CCC(O)CC(O)Cc1noc(=O)[nH]1. The van der Waals surface area contributed by atoms with Crippen LogP contribution < -0.4 is 5.76 Å². The Labute approximate surface area is 147 Å². The summed E-state index contributed by atoms with van der Waals surface area (Å²) in [6, 6.07) is 0. The van der Waals surface area contributed by atoms with E-state index < -0.39 is 18.0 Å². The van der Waals surface area contributed by atoms with Crippen molar-refractivity contribution in [2.45, 2.75) is 64.1 Å². The number of allylic oxidation sites excluding steroid dienone is 4. The number of nitrogens with one attached hydrogen (secondary N) is 1. The molecule has 2 aliphatic carbocycles. The Morgan fingerprint density at radius 3 is 3.00 bits per heavy atom. The van der Waals surface area contributed by atoms with Gasteiger partial charge in [-0.25, -0.2) is 4.79 Å². The number of fused-ring (bicyclic) bond motifs is 1. The van der Waals surface area contributed by atoms with Crippen molar-refractivity contribution in [2.24, 2.45) is 17.8 Å². The molecule has 1 aromatic heterocycles. The third-order valence-corrected chi connectivity index (χ3v) is 5.60. The maximum Gasteiger partial charge on any atom is 0.438 e. The summed E-state index contributed by atoms with van der Waals surface area (Å²) in [6.45, 7) is 2.26. The molecule has 3 N–H and O–H groups in total. The van der Waals surface area contributed by atoms with Crippen molar-refractivity contribution in [3.05, 3.63) is 40.2 Å². The van der Waals surface area contributed by atoms with Gasteiger partial charge < -0.3 is 10.2 Å². The Morgan fingerprint density at radius 1 is 1.40 bits per heavy atom. The molecular formula is C19H28N2O4. The first-order chi connectivity index (χ1) is 12.0. The van der Waals surface area contributed by atoms with Crippen molar-refractivity contribution in [3.63, 3.8) is 0 Å². The number of aromatic amines is 1. The molecule has 1 aromatic rings. The Balaban J connectivity index is 1.48. The average Bonchev–Trinajstić information content (AvgIpc) is 2.98. The van der Waals surface area contributed by atoms with Crippen LogP contribution in [0.2, 0.25) is 0 Å². The van der Waals surface area contributed by atoms with Crippen molar-refractivity contribution >= 4 is 0 Å². The van der Waals surface area contributed by atoms with Crippen LogP contribution in [0.25, 0.3) is 0 Å². The van der Waals surface area contributed by atoms with Gasteiger partial charge in [0.25, 0.3) is 0 Å². The highest BCUT2D eigenvalue weighted by Gasteiger charge is 2.32. The highest BCUT2D eigenvalue weighted by molar-refractivity contribution is 5.28. The van der Waals surface area contributed by atoms with Gasteiger partial charge in [-0.05, 0) is 61.9 Å². The van der Waals surface area contributed by atoms with E-state index in [1.54, 1.807) is 0 Å². The molecule has 5 atom stereocenters. The first-order valence-corrected chi connectivity index (χ1v) is 9.32. The van der Waals surface area contributed by atoms with Gasteiger partial charge in [-0.1, -0.05) is 30.3 Å². The second kappa shape index (κ2) is 8.15. The van der Waals surface area contributed by atoms with E-state index in [0.29, 0.717) is 30.0 Å². The number of aliphatic hydroxyl groups is 2. The molecule has 0 aromatic carbocycles. The molecule has 6 heteroatoms. The molecule has 1 heterocycles. The largest absolute Gasteiger partial charge is 0.438 e. The van der Waals surface area contributed by atoms with E-state index in [1.807, 2.05) is 0 Å². The van der Waals surface area contributed by atoms with Gasteiger partial charge in [0.15, 0.2) is 5.82 Å². The molecule has 0 spiro atoms. The number of hydrogen-bond acceptors (Lipinski definition) is 5. The summed E-state index contributed by atoms with van der Waals surface area (Å²) in [4.78, 5) is 13.3. The number of hydrogen-bond donors (Lipinski definition) is 3. The van der Waals surface area contributed by atoms with E-state index in [0.717, 1.165) is 6.42 Å². The van der Waals surface area contributed by atoms with Gasteiger partial charge in [0, 0.05) is 6.42 Å². The first kappa shape index (κ1) is 18.1. The van der Waals surface area contributed by atoms with E-state index in [1.165, 1.54) is 24.8 Å². The van der Waals surface area contributed by atoms with Crippen molar-refractivity contribution in [1.29, 1.82) is 0 Å². The van der Waals surface area contributed by atoms with Crippen LogP contribution in [-0.4, -0.2) is 32.6 Å². The zero-order chi connectivity index (χ0) is 17.8. The second-order valence-corrected chi connectivity index (χ2v) is 7.49. The normalized spacial score (nSPS) is 28.3. The third kappa shape index (κ3) is 4.70. The molecule has 138 valence electrons. The van der Waals surface area contributed by atoms with Gasteiger partial charge in [-0.2, -0.15) is 0 Å². The summed E-state index contributed by atoms with van der Waals surface area (Å²) in [5.41, 5.74) is 1.47. The molecule has 0 aliphatic heterocycles. The summed E-state index contributed by atoms with van der Waals surface area (Å²) in [5, 5.41) is 23.9. The third-order valence-electron chi connectivity index (χ3n) is 5.60. The van der Waals surface area contributed by atoms with E-state index in [2.05, 4.69) is 39.8 Å². The molecule has 0 radical (unpaired) electrons. The predicted molar refractivity (Wildman–Crippen MR) is 93.9 cm³/mol. The lowest BCUT2D eigenvalue weighted by Gasteiger charge is -2.37. The molecule has 0 saturated heterocycles. The van der Waals surface area contributed by atoms with Crippen molar-refractivity contribution in [2.75, 3.05) is 0 Å². The lowest BCUT2D eigenvalue weighted by molar-refractivity contribution is 0.0665. The summed E-state index contributed by atoms with van der Waals surface area (Å²) in [7, 11) is 0. The lowest BCUT2D eigenvalue weighted by atomic mass is 9.68. The Kier molecular flexibility index (Phi) is 5.91. The van der Waals surface area contributed by atoms with Gasteiger partial charge in [-0.15, -0.1) is 0 Å². The van der Waals surface area contributed by atoms with E-state index in [-0.39, 0.29) is 12.8 Å². The maximum absolute atomic E-state index is 10.9. The molecular weight excluding hydrogens is 320 g/mol. The first-order valence-electron chi connectivity index (χ1n) is 9.32. The number of rotatable bonds is 7. The van der Waals surface area contributed by atoms with Crippen molar-refractivity contribution in [1.82, 2.24) is 10.1 Å². The second-order valence-electron chi connectivity index (χ2n) is 7.49. The molecule has 0 bridgehead atoms. The molecule has 0 fully saturated rings.